The summed E-state index contributed by atoms with van der Waals surface area (Å²) in [6.07, 6.45) is 2.26. The Kier molecular flexibility index (Phi) is 4.67. The van der Waals surface area contributed by atoms with Crippen LogP contribution in [0.1, 0.15) is 28.2 Å². The molecule has 2 rings (SSSR count). The van der Waals surface area contributed by atoms with Crippen molar-refractivity contribution in [3.63, 3.8) is 0 Å². The third kappa shape index (κ3) is 3.82. The highest BCUT2D eigenvalue weighted by Gasteiger charge is 2.02. The number of hydrogen-bond donors (Lipinski definition) is 0. The number of aryl methyl sites for hydroxylation is 1. The molecule has 0 bridgehead atoms. The van der Waals surface area contributed by atoms with Crippen molar-refractivity contribution in [2.75, 3.05) is 6.61 Å². The van der Waals surface area contributed by atoms with Gasteiger partial charge in [0.15, 0.2) is 6.29 Å². The van der Waals surface area contributed by atoms with Crippen molar-refractivity contribution in [1.82, 2.24) is 5.16 Å². The number of carbonyl (C=O) groups is 1. The number of aldehydes is 1. The number of benzene rings is 1. The fraction of sp³-hybridized carbons (Fsp3) is 0.286. The van der Waals surface area contributed by atoms with Crippen LogP contribution in [0.3, 0.4) is 0 Å². The van der Waals surface area contributed by atoms with Crippen LogP contribution in [0.15, 0.2) is 40.9 Å². The van der Waals surface area contributed by atoms with E-state index in [0.717, 1.165) is 18.6 Å². The van der Waals surface area contributed by atoms with Gasteiger partial charge in [-0.1, -0.05) is 35.5 Å². The molecule has 0 unspecified atom stereocenters. The predicted molar refractivity (Wildman–Crippen MR) is 66.3 cm³/mol. The van der Waals surface area contributed by atoms with E-state index in [0.29, 0.717) is 25.2 Å². The summed E-state index contributed by atoms with van der Waals surface area (Å²) in [5.74, 6) is 0.723. The summed E-state index contributed by atoms with van der Waals surface area (Å²) in [4.78, 5) is 10.4. The van der Waals surface area contributed by atoms with Crippen LogP contribution in [0.5, 0.6) is 0 Å². The molecule has 0 saturated carbocycles. The summed E-state index contributed by atoms with van der Waals surface area (Å²) >= 11 is 0. The van der Waals surface area contributed by atoms with Gasteiger partial charge in [0.05, 0.1) is 6.61 Å². The van der Waals surface area contributed by atoms with Crippen LogP contribution in [-0.2, 0) is 17.8 Å². The number of hydrogen-bond acceptors (Lipinski definition) is 4. The first kappa shape index (κ1) is 12.5. The molecule has 0 spiro atoms. The van der Waals surface area contributed by atoms with E-state index in [-0.39, 0.29) is 0 Å². The molecule has 0 aliphatic rings. The zero-order valence-corrected chi connectivity index (χ0v) is 10.0. The van der Waals surface area contributed by atoms with Crippen LogP contribution in [-0.4, -0.2) is 18.0 Å². The topological polar surface area (TPSA) is 52.3 Å². The summed E-state index contributed by atoms with van der Waals surface area (Å²) in [5.41, 5.74) is 1.51. The highest BCUT2D eigenvalue weighted by molar-refractivity contribution is 5.71. The van der Waals surface area contributed by atoms with Gasteiger partial charge in [-0.2, -0.15) is 0 Å². The van der Waals surface area contributed by atoms with E-state index in [2.05, 4.69) is 5.16 Å². The van der Waals surface area contributed by atoms with Crippen LogP contribution in [0.4, 0.5) is 0 Å². The SMILES string of the molecule is O=Cc1cc(CCCOCc2ccccc2)on1. The lowest BCUT2D eigenvalue weighted by Gasteiger charge is -2.02. The average Bonchev–Trinajstić information content (AvgIpc) is 2.87. The van der Waals surface area contributed by atoms with Gasteiger partial charge in [-0.05, 0) is 12.0 Å². The molecule has 0 aliphatic carbocycles. The summed E-state index contributed by atoms with van der Waals surface area (Å²) in [5, 5.41) is 3.60. The lowest BCUT2D eigenvalue weighted by atomic mass is 10.2. The van der Waals surface area contributed by atoms with E-state index in [1.165, 1.54) is 5.56 Å². The molecule has 0 amide bonds. The quantitative estimate of drug-likeness (QED) is 0.556. The van der Waals surface area contributed by atoms with E-state index in [1.807, 2.05) is 30.3 Å². The molecule has 94 valence electrons. The van der Waals surface area contributed by atoms with Crippen molar-refractivity contribution in [3.8, 4) is 0 Å². The van der Waals surface area contributed by atoms with Crippen molar-refractivity contribution in [2.45, 2.75) is 19.4 Å². The summed E-state index contributed by atoms with van der Waals surface area (Å²) in [6.45, 7) is 1.28. The van der Waals surface area contributed by atoms with Gasteiger partial charge in [0.25, 0.3) is 0 Å². The fourth-order valence-electron chi connectivity index (χ4n) is 1.62. The Morgan fingerprint density at radius 3 is 2.83 bits per heavy atom. The molecule has 1 aromatic heterocycles. The van der Waals surface area contributed by atoms with Crippen LogP contribution in [0, 0.1) is 0 Å². The predicted octanol–water partition coefficient (Wildman–Crippen LogP) is 2.64. The molecule has 0 atom stereocenters. The van der Waals surface area contributed by atoms with Crippen molar-refractivity contribution in [1.29, 1.82) is 0 Å². The minimum absolute atomic E-state index is 0.343. The molecule has 4 nitrogen and oxygen atoms in total. The Bertz CT molecular complexity index is 479. The highest BCUT2D eigenvalue weighted by Crippen LogP contribution is 2.06. The molecular formula is C14H15NO3. The molecule has 4 heteroatoms. The number of carbonyl (C=O) groups excluding carboxylic acids is 1. The van der Waals surface area contributed by atoms with Crippen LogP contribution < -0.4 is 0 Å². The van der Waals surface area contributed by atoms with Crippen LogP contribution >= 0.6 is 0 Å². The molecule has 2 aromatic rings. The van der Waals surface area contributed by atoms with Gasteiger partial charge in [0, 0.05) is 19.1 Å². The Morgan fingerprint density at radius 1 is 1.28 bits per heavy atom. The monoisotopic (exact) mass is 245 g/mol. The standard InChI is InChI=1S/C14H15NO3/c16-10-13-9-14(18-15-13)7-4-8-17-11-12-5-2-1-3-6-12/h1-3,5-6,9-10H,4,7-8,11H2. The van der Waals surface area contributed by atoms with Gasteiger partial charge in [-0.3, -0.25) is 4.79 Å². The molecule has 0 saturated heterocycles. The van der Waals surface area contributed by atoms with Crippen molar-refractivity contribution in [2.24, 2.45) is 0 Å². The Balaban J connectivity index is 1.63. The van der Waals surface area contributed by atoms with Crippen molar-refractivity contribution < 1.29 is 14.1 Å². The van der Waals surface area contributed by atoms with Gasteiger partial charge in [0.2, 0.25) is 0 Å². The summed E-state index contributed by atoms with van der Waals surface area (Å²) < 4.78 is 10.5. The Hall–Kier alpha value is -1.94. The maximum absolute atomic E-state index is 10.4. The summed E-state index contributed by atoms with van der Waals surface area (Å²) in [6, 6.07) is 11.7. The second-order valence-electron chi connectivity index (χ2n) is 3.98. The van der Waals surface area contributed by atoms with E-state index < -0.39 is 0 Å². The van der Waals surface area contributed by atoms with Crippen LogP contribution in [0.2, 0.25) is 0 Å². The first-order chi connectivity index (χ1) is 8.88. The normalized spacial score (nSPS) is 10.4. The Labute approximate surface area is 106 Å². The molecule has 0 fully saturated rings. The molecule has 1 heterocycles. The maximum Gasteiger partial charge on any atom is 0.171 e. The van der Waals surface area contributed by atoms with Gasteiger partial charge >= 0.3 is 0 Å². The van der Waals surface area contributed by atoms with Gasteiger partial charge in [-0.25, -0.2) is 0 Å². The zero-order valence-electron chi connectivity index (χ0n) is 10.0. The zero-order chi connectivity index (χ0) is 12.6. The third-order valence-electron chi connectivity index (χ3n) is 2.52. The molecule has 18 heavy (non-hydrogen) atoms. The fourth-order valence-corrected chi connectivity index (χ4v) is 1.62. The minimum Gasteiger partial charge on any atom is -0.377 e. The van der Waals surface area contributed by atoms with Crippen molar-refractivity contribution >= 4 is 6.29 Å². The van der Waals surface area contributed by atoms with Crippen LogP contribution in [0.25, 0.3) is 0 Å². The van der Waals surface area contributed by atoms with E-state index in [4.69, 9.17) is 9.26 Å². The lowest BCUT2D eigenvalue weighted by Crippen LogP contribution is -1.96. The van der Waals surface area contributed by atoms with Crippen molar-refractivity contribution in [3.05, 3.63) is 53.4 Å². The third-order valence-corrected chi connectivity index (χ3v) is 2.52. The van der Waals surface area contributed by atoms with Gasteiger partial charge < -0.3 is 9.26 Å². The number of rotatable bonds is 7. The highest BCUT2D eigenvalue weighted by atomic mass is 16.5. The number of aromatic nitrogens is 1. The van der Waals surface area contributed by atoms with Gasteiger partial charge in [-0.15, -0.1) is 0 Å². The molecule has 0 aliphatic heterocycles. The van der Waals surface area contributed by atoms with E-state index in [1.54, 1.807) is 6.07 Å². The number of nitrogens with zero attached hydrogens (tertiary/aromatic N) is 1. The molecule has 0 radical (unpaired) electrons. The minimum atomic E-state index is 0.343. The first-order valence-corrected chi connectivity index (χ1v) is 5.91. The maximum atomic E-state index is 10.4. The molecule has 0 N–H and O–H groups in total. The van der Waals surface area contributed by atoms with E-state index >= 15 is 0 Å². The number of ether oxygens (including phenoxy) is 1. The second-order valence-corrected chi connectivity index (χ2v) is 3.98. The molecular weight excluding hydrogens is 230 g/mol. The smallest absolute Gasteiger partial charge is 0.171 e. The molecule has 1 aromatic carbocycles. The first-order valence-electron chi connectivity index (χ1n) is 5.91. The van der Waals surface area contributed by atoms with E-state index in [9.17, 15) is 4.79 Å². The lowest BCUT2D eigenvalue weighted by molar-refractivity contribution is 0.111. The Morgan fingerprint density at radius 2 is 2.11 bits per heavy atom. The second kappa shape index (κ2) is 6.71. The summed E-state index contributed by atoms with van der Waals surface area (Å²) in [7, 11) is 0. The van der Waals surface area contributed by atoms with Gasteiger partial charge in [0.1, 0.15) is 11.5 Å². The largest absolute Gasteiger partial charge is 0.377 e. The average molecular weight is 245 g/mol.